The van der Waals surface area contributed by atoms with Gasteiger partial charge in [0.25, 0.3) is 0 Å². The van der Waals surface area contributed by atoms with E-state index in [-0.39, 0.29) is 36.2 Å². The summed E-state index contributed by atoms with van der Waals surface area (Å²) in [5.41, 5.74) is 3.09. The molecule has 0 atom stereocenters. The Hall–Kier alpha value is -4.04. The molecule has 0 aliphatic carbocycles. The molecule has 0 aliphatic rings. The van der Waals surface area contributed by atoms with Crippen LogP contribution in [0.2, 0.25) is 0 Å². The van der Waals surface area contributed by atoms with E-state index in [0.29, 0.717) is 19.3 Å². The maximum Gasteiger partial charge on any atom is 0.305 e. The van der Waals surface area contributed by atoms with Crippen molar-refractivity contribution in [2.45, 2.75) is 38.5 Å². The molecule has 5 N–H and O–H groups in total. The highest BCUT2D eigenvalue weighted by molar-refractivity contribution is 5.69. The first kappa shape index (κ1) is 30.0. The number of aliphatic hydroxyl groups excluding tert-OH is 1. The van der Waals surface area contributed by atoms with E-state index >= 15 is 0 Å². The van der Waals surface area contributed by atoms with Gasteiger partial charge in [0.05, 0.1) is 7.11 Å². The molecule has 0 spiro atoms. The summed E-state index contributed by atoms with van der Waals surface area (Å²) in [6.07, 6.45) is 3.32. The summed E-state index contributed by atoms with van der Waals surface area (Å²) in [6.45, 7) is 0.223. The lowest BCUT2D eigenvalue weighted by atomic mass is 10.1. The van der Waals surface area contributed by atoms with E-state index in [2.05, 4.69) is 4.74 Å². The number of benzene rings is 3. The molecule has 3 aromatic carbocycles. The van der Waals surface area contributed by atoms with Gasteiger partial charge in [-0.05, 0) is 78.8 Å². The number of carbonyl (C=O) groups is 2. The first-order chi connectivity index (χ1) is 17.2. The summed E-state index contributed by atoms with van der Waals surface area (Å²) in [5.74, 6) is -0.287. The Kier molecular flexibility index (Phi) is 14.5. The van der Waals surface area contributed by atoms with Crippen LogP contribution in [0.1, 0.15) is 36.0 Å². The highest BCUT2D eigenvalue weighted by Crippen LogP contribution is 2.12. The average molecular weight is 499 g/mol. The summed E-state index contributed by atoms with van der Waals surface area (Å²) in [5, 5.41) is 43.8. The molecule has 0 amide bonds. The van der Waals surface area contributed by atoms with Gasteiger partial charge in [0.2, 0.25) is 0 Å². The fraction of sp³-hybridized carbons (Fsp3) is 0.286. The smallest absolute Gasteiger partial charge is 0.305 e. The summed E-state index contributed by atoms with van der Waals surface area (Å²) < 4.78 is 4.51. The minimum atomic E-state index is -0.803. The van der Waals surface area contributed by atoms with Crippen LogP contribution in [0.15, 0.2) is 72.8 Å². The molecular weight excluding hydrogens is 464 g/mol. The molecule has 0 saturated heterocycles. The molecule has 3 rings (SSSR count). The highest BCUT2D eigenvalue weighted by atomic mass is 16.5. The molecule has 0 unspecified atom stereocenters. The van der Waals surface area contributed by atoms with Crippen LogP contribution >= 0.6 is 0 Å². The zero-order chi connectivity index (χ0) is 26.8. The number of phenols is 3. The third-order valence-electron chi connectivity index (χ3n) is 4.91. The number of aromatic hydroxyl groups is 3. The van der Waals surface area contributed by atoms with Gasteiger partial charge in [-0.3, -0.25) is 9.59 Å². The van der Waals surface area contributed by atoms with Crippen molar-refractivity contribution < 1.29 is 39.9 Å². The number of esters is 1. The average Bonchev–Trinajstić information content (AvgIpc) is 2.88. The molecule has 3 aromatic rings. The normalized spacial score (nSPS) is 9.72. The molecule has 36 heavy (non-hydrogen) atoms. The van der Waals surface area contributed by atoms with Crippen LogP contribution in [-0.4, -0.2) is 51.2 Å². The summed E-state index contributed by atoms with van der Waals surface area (Å²) >= 11 is 0. The van der Waals surface area contributed by atoms with E-state index in [1.807, 2.05) is 12.1 Å². The zero-order valence-corrected chi connectivity index (χ0v) is 20.3. The van der Waals surface area contributed by atoms with Crippen LogP contribution < -0.4 is 0 Å². The Morgan fingerprint density at radius 2 is 1.00 bits per heavy atom. The lowest BCUT2D eigenvalue weighted by molar-refractivity contribution is -0.140. The molecule has 8 nitrogen and oxygen atoms in total. The highest BCUT2D eigenvalue weighted by Gasteiger charge is 2.01. The van der Waals surface area contributed by atoms with Crippen molar-refractivity contribution in [1.29, 1.82) is 0 Å². The van der Waals surface area contributed by atoms with Gasteiger partial charge in [0.15, 0.2) is 0 Å². The quantitative estimate of drug-likeness (QED) is 0.276. The molecule has 0 heterocycles. The summed E-state index contributed by atoms with van der Waals surface area (Å²) in [6, 6.07) is 20.4. The zero-order valence-electron chi connectivity index (χ0n) is 20.3. The van der Waals surface area contributed by atoms with Gasteiger partial charge in [-0.1, -0.05) is 36.4 Å². The number of rotatable bonds is 9. The minimum Gasteiger partial charge on any atom is -0.508 e. The van der Waals surface area contributed by atoms with Gasteiger partial charge in [-0.25, -0.2) is 0 Å². The fourth-order valence-electron chi connectivity index (χ4n) is 2.87. The van der Waals surface area contributed by atoms with Gasteiger partial charge >= 0.3 is 11.9 Å². The number of aliphatic carboxylic acids is 1. The second-order valence-corrected chi connectivity index (χ2v) is 7.80. The first-order valence-corrected chi connectivity index (χ1v) is 11.5. The SMILES string of the molecule is COC(=O)CCc1ccc(O)cc1.O=C(O)CCc1ccc(O)cc1.OCCCc1ccc(O)cc1. The maximum atomic E-state index is 10.8. The molecule has 8 heteroatoms. The van der Waals surface area contributed by atoms with Crippen molar-refractivity contribution in [3.05, 3.63) is 89.5 Å². The van der Waals surface area contributed by atoms with E-state index in [1.165, 1.54) is 7.11 Å². The number of aryl methyl sites for hydroxylation is 3. The second-order valence-electron chi connectivity index (χ2n) is 7.80. The molecule has 0 fully saturated rings. The van der Waals surface area contributed by atoms with E-state index in [1.54, 1.807) is 60.7 Å². The molecule has 0 saturated carbocycles. The van der Waals surface area contributed by atoms with Crippen LogP contribution in [0.3, 0.4) is 0 Å². The number of carbonyl (C=O) groups excluding carboxylic acids is 1. The standard InChI is InChI=1S/C10H12O3.C9H10O3.C9H12O2/c1-13-10(12)7-4-8-2-5-9(11)6-3-8;10-8-4-1-7(2-5-8)3-6-9(11)12;10-7-1-2-8-3-5-9(11)6-4-8/h2-3,5-6,11H,4,7H2,1H3;1-2,4-5,10H,3,6H2,(H,11,12);3-6,10-11H,1-2,7H2. The van der Waals surface area contributed by atoms with E-state index in [9.17, 15) is 9.59 Å². The minimum absolute atomic E-state index is 0.130. The van der Waals surface area contributed by atoms with Gasteiger partial charge < -0.3 is 30.3 Å². The number of hydrogen-bond donors (Lipinski definition) is 5. The van der Waals surface area contributed by atoms with Crippen molar-refractivity contribution >= 4 is 11.9 Å². The van der Waals surface area contributed by atoms with Crippen molar-refractivity contribution in [2.24, 2.45) is 0 Å². The summed E-state index contributed by atoms with van der Waals surface area (Å²) in [7, 11) is 1.37. The van der Waals surface area contributed by atoms with Crippen molar-refractivity contribution in [3.8, 4) is 17.2 Å². The maximum absolute atomic E-state index is 10.8. The van der Waals surface area contributed by atoms with Crippen molar-refractivity contribution in [3.63, 3.8) is 0 Å². The van der Waals surface area contributed by atoms with Gasteiger partial charge in [0, 0.05) is 19.4 Å². The number of phenolic OH excluding ortho intramolecular Hbond substituents is 3. The predicted octanol–water partition coefficient (Wildman–Crippen LogP) is 4.22. The third kappa shape index (κ3) is 14.3. The van der Waals surface area contributed by atoms with Crippen molar-refractivity contribution in [1.82, 2.24) is 0 Å². The molecule has 0 aliphatic heterocycles. The van der Waals surface area contributed by atoms with Gasteiger partial charge in [0.1, 0.15) is 17.2 Å². The molecule has 0 aromatic heterocycles. The lowest BCUT2D eigenvalue weighted by Gasteiger charge is -2.00. The Morgan fingerprint density at radius 3 is 1.33 bits per heavy atom. The van der Waals surface area contributed by atoms with Gasteiger partial charge in [-0.15, -0.1) is 0 Å². The van der Waals surface area contributed by atoms with Gasteiger partial charge in [-0.2, -0.15) is 0 Å². The Bertz CT molecular complexity index is 1010. The third-order valence-corrected chi connectivity index (χ3v) is 4.91. The first-order valence-electron chi connectivity index (χ1n) is 11.5. The molecule has 194 valence electrons. The molecule has 0 bridgehead atoms. The fourth-order valence-corrected chi connectivity index (χ4v) is 2.87. The van der Waals surface area contributed by atoms with Crippen LogP contribution in [-0.2, 0) is 33.6 Å². The van der Waals surface area contributed by atoms with Crippen LogP contribution in [0.25, 0.3) is 0 Å². The van der Waals surface area contributed by atoms with E-state index in [4.69, 9.17) is 25.5 Å². The largest absolute Gasteiger partial charge is 0.508 e. The topological polar surface area (TPSA) is 145 Å². The van der Waals surface area contributed by atoms with E-state index < -0.39 is 5.97 Å². The number of carboxylic acids is 1. The number of carboxylic acid groups (broad SMARTS) is 1. The van der Waals surface area contributed by atoms with Crippen LogP contribution in [0.5, 0.6) is 17.2 Å². The Labute approximate surface area is 211 Å². The lowest BCUT2D eigenvalue weighted by Crippen LogP contribution is -2.01. The monoisotopic (exact) mass is 498 g/mol. The van der Waals surface area contributed by atoms with Crippen LogP contribution in [0, 0.1) is 0 Å². The Balaban J connectivity index is 0.000000271. The predicted molar refractivity (Wildman–Crippen MR) is 136 cm³/mol. The Morgan fingerprint density at radius 1 is 0.639 bits per heavy atom. The summed E-state index contributed by atoms with van der Waals surface area (Å²) in [4.78, 5) is 21.0. The number of methoxy groups -OCH3 is 1. The number of aliphatic hydroxyl groups is 1. The molecule has 0 radical (unpaired) electrons. The van der Waals surface area contributed by atoms with Crippen LogP contribution in [0.4, 0.5) is 0 Å². The molecular formula is C28H34O8. The van der Waals surface area contributed by atoms with E-state index in [0.717, 1.165) is 29.5 Å². The number of hydrogen-bond acceptors (Lipinski definition) is 7. The van der Waals surface area contributed by atoms with Crippen molar-refractivity contribution in [2.75, 3.05) is 13.7 Å². The number of ether oxygens (including phenoxy) is 1. The second kappa shape index (κ2) is 17.4.